The van der Waals surface area contributed by atoms with Gasteiger partial charge in [-0.05, 0) is 48.8 Å². The van der Waals surface area contributed by atoms with Gasteiger partial charge in [-0.1, -0.05) is 0 Å². The van der Waals surface area contributed by atoms with Gasteiger partial charge >= 0.3 is 0 Å². The lowest BCUT2D eigenvalue weighted by Gasteiger charge is -2.13. The Bertz CT molecular complexity index is 610. The van der Waals surface area contributed by atoms with Crippen LogP contribution in [0.5, 0.6) is 11.6 Å². The van der Waals surface area contributed by atoms with Gasteiger partial charge in [0.15, 0.2) is 0 Å². The highest BCUT2D eigenvalue weighted by molar-refractivity contribution is 9.10. The predicted molar refractivity (Wildman–Crippen MR) is 75.9 cm³/mol. The number of nitrogen functional groups attached to an aromatic ring is 1. The number of hydrogen-bond acceptors (Lipinski definition) is 3. The van der Waals surface area contributed by atoms with Crippen molar-refractivity contribution in [3.05, 3.63) is 34.2 Å². The van der Waals surface area contributed by atoms with Crippen LogP contribution in [0.1, 0.15) is 25.6 Å². The summed E-state index contributed by atoms with van der Waals surface area (Å²) in [5, 5.41) is 4.32. The van der Waals surface area contributed by atoms with E-state index in [0.717, 1.165) is 0 Å². The number of aromatic nitrogens is 2. The number of nitrogens with two attached hydrogens (primary N) is 1. The zero-order valence-corrected chi connectivity index (χ0v) is 12.5. The summed E-state index contributed by atoms with van der Waals surface area (Å²) < 4.78 is 21.3. The van der Waals surface area contributed by atoms with Crippen molar-refractivity contribution < 1.29 is 9.13 Å². The molecule has 0 radical (unpaired) electrons. The van der Waals surface area contributed by atoms with Crippen molar-refractivity contribution in [3.8, 4) is 11.6 Å². The van der Waals surface area contributed by atoms with Crippen LogP contribution in [0.25, 0.3) is 0 Å². The maximum Gasteiger partial charge on any atom is 0.241 e. The van der Waals surface area contributed by atoms with E-state index in [2.05, 4.69) is 21.0 Å². The lowest BCUT2D eigenvalue weighted by molar-refractivity contribution is 0.386. The van der Waals surface area contributed by atoms with Crippen LogP contribution in [0.2, 0.25) is 0 Å². The van der Waals surface area contributed by atoms with Gasteiger partial charge in [-0.25, -0.2) is 9.07 Å². The molecular formula is C13H15BrFN3O. The van der Waals surface area contributed by atoms with E-state index >= 15 is 0 Å². The van der Waals surface area contributed by atoms with E-state index in [1.54, 1.807) is 10.7 Å². The molecule has 2 N–H and O–H groups in total. The van der Waals surface area contributed by atoms with Gasteiger partial charge in [0, 0.05) is 6.07 Å². The zero-order valence-electron chi connectivity index (χ0n) is 10.9. The Kier molecular flexibility index (Phi) is 3.80. The van der Waals surface area contributed by atoms with E-state index in [1.165, 1.54) is 12.1 Å². The summed E-state index contributed by atoms with van der Waals surface area (Å²) in [7, 11) is 0. The van der Waals surface area contributed by atoms with Crippen LogP contribution in [0, 0.1) is 12.7 Å². The molecule has 4 nitrogen and oxygen atoms in total. The summed E-state index contributed by atoms with van der Waals surface area (Å²) >= 11 is 3.32. The summed E-state index contributed by atoms with van der Waals surface area (Å²) in [5.41, 5.74) is 7.11. The first kappa shape index (κ1) is 13.9. The van der Waals surface area contributed by atoms with Gasteiger partial charge in [0.2, 0.25) is 5.88 Å². The summed E-state index contributed by atoms with van der Waals surface area (Å²) in [6.07, 6.45) is 0. The number of benzene rings is 1. The molecule has 2 rings (SSSR count). The molecule has 1 heterocycles. The Labute approximate surface area is 119 Å². The van der Waals surface area contributed by atoms with Gasteiger partial charge in [-0.3, -0.25) is 0 Å². The maximum absolute atomic E-state index is 13.3. The van der Waals surface area contributed by atoms with Gasteiger partial charge in [0.1, 0.15) is 17.3 Å². The Balaban J connectivity index is 2.45. The van der Waals surface area contributed by atoms with Crippen LogP contribution in [-0.2, 0) is 0 Å². The molecule has 6 heteroatoms. The molecule has 0 amide bonds. The topological polar surface area (TPSA) is 53.1 Å². The number of halogens is 2. The lowest BCUT2D eigenvalue weighted by Crippen LogP contribution is -2.05. The molecule has 102 valence electrons. The third kappa shape index (κ3) is 2.73. The molecule has 0 aliphatic heterocycles. The highest BCUT2D eigenvalue weighted by Gasteiger charge is 2.18. The van der Waals surface area contributed by atoms with Crippen molar-refractivity contribution in [1.29, 1.82) is 0 Å². The number of ether oxygens (including phenoxy) is 1. The van der Waals surface area contributed by atoms with Gasteiger partial charge in [-0.15, -0.1) is 0 Å². The molecule has 19 heavy (non-hydrogen) atoms. The fourth-order valence-corrected chi connectivity index (χ4v) is 1.98. The Morgan fingerprint density at radius 1 is 1.42 bits per heavy atom. The van der Waals surface area contributed by atoms with Crippen LogP contribution < -0.4 is 10.5 Å². The van der Waals surface area contributed by atoms with Crippen LogP contribution in [0.4, 0.5) is 10.1 Å². The van der Waals surface area contributed by atoms with Crippen molar-refractivity contribution in [1.82, 2.24) is 9.78 Å². The molecule has 0 saturated heterocycles. The summed E-state index contributed by atoms with van der Waals surface area (Å²) in [4.78, 5) is 0. The Morgan fingerprint density at radius 2 is 2.11 bits per heavy atom. The van der Waals surface area contributed by atoms with Gasteiger partial charge < -0.3 is 10.5 Å². The van der Waals surface area contributed by atoms with Crippen molar-refractivity contribution in [2.45, 2.75) is 26.8 Å². The van der Waals surface area contributed by atoms with E-state index in [-0.39, 0.29) is 11.9 Å². The largest absolute Gasteiger partial charge is 0.436 e. The molecule has 0 unspecified atom stereocenters. The minimum atomic E-state index is -0.371. The Hall–Kier alpha value is -1.56. The monoisotopic (exact) mass is 327 g/mol. The SMILES string of the molecule is Cc1nn(C(C)C)c(Oc2cc(F)ccc2Br)c1N. The number of anilines is 1. The van der Waals surface area contributed by atoms with E-state index in [0.29, 0.717) is 27.5 Å². The first-order chi connectivity index (χ1) is 8.90. The molecule has 0 spiro atoms. The van der Waals surface area contributed by atoms with Crippen molar-refractivity contribution in [3.63, 3.8) is 0 Å². The fourth-order valence-electron chi connectivity index (χ4n) is 1.65. The molecule has 0 bridgehead atoms. The van der Waals surface area contributed by atoms with Gasteiger partial charge in [-0.2, -0.15) is 5.10 Å². The van der Waals surface area contributed by atoms with Crippen molar-refractivity contribution in [2.24, 2.45) is 0 Å². The zero-order chi connectivity index (χ0) is 14.2. The van der Waals surface area contributed by atoms with Crippen LogP contribution >= 0.6 is 15.9 Å². The number of aryl methyl sites for hydroxylation is 1. The highest BCUT2D eigenvalue weighted by Crippen LogP contribution is 2.35. The maximum atomic E-state index is 13.3. The van der Waals surface area contributed by atoms with E-state index in [9.17, 15) is 4.39 Å². The second-order valence-electron chi connectivity index (χ2n) is 4.52. The molecule has 0 atom stereocenters. The first-order valence-corrected chi connectivity index (χ1v) is 6.67. The minimum absolute atomic E-state index is 0.0957. The second-order valence-corrected chi connectivity index (χ2v) is 5.37. The smallest absolute Gasteiger partial charge is 0.241 e. The van der Waals surface area contributed by atoms with Crippen LogP contribution in [-0.4, -0.2) is 9.78 Å². The number of hydrogen-bond donors (Lipinski definition) is 1. The summed E-state index contributed by atoms with van der Waals surface area (Å²) in [5.74, 6) is 0.427. The lowest BCUT2D eigenvalue weighted by atomic mass is 10.3. The Morgan fingerprint density at radius 3 is 2.74 bits per heavy atom. The molecule has 0 aliphatic rings. The predicted octanol–water partition coefficient (Wildman–Crippen LogP) is 4.05. The standard InChI is InChI=1S/C13H15BrFN3O/c1-7(2)18-13(12(16)8(3)17-18)19-11-6-9(15)4-5-10(11)14/h4-7H,16H2,1-3H3. The van der Waals surface area contributed by atoms with E-state index in [4.69, 9.17) is 10.5 Å². The van der Waals surface area contributed by atoms with Crippen LogP contribution in [0.3, 0.4) is 0 Å². The molecular weight excluding hydrogens is 313 g/mol. The third-order valence-corrected chi connectivity index (χ3v) is 3.33. The number of nitrogens with zero attached hydrogens (tertiary/aromatic N) is 2. The molecule has 0 saturated carbocycles. The summed E-state index contributed by atoms with van der Waals surface area (Å²) in [6, 6.07) is 4.34. The van der Waals surface area contributed by atoms with Gasteiger partial charge in [0.25, 0.3) is 0 Å². The molecule has 1 aromatic heterocycles. The highest BCUT2D eigenvalue weighted by atomic mass is 79.9. The quantitative estimate of drug-likeness (QED) is 0.925. The fraction of sp³-hybridized carbons (Fsp3) is 0.308. The summed E-state index contributed by atoms with van der Waals surface area (Å²) in [6.45, 7) is 5.75. The van der Waals surface area contributed by atoms with Crippen molar-refractivity contribution >= 4 is 21.6 Å². The van der Waals surface area contributed by atoms with E-state index in [1.807, 2.05) is 20.8 Å². The van der Waals surface area contributed by atoms with Crippen LogP contribution in [0.15, 0.2) is 22.7 Å². The normalized spacial score (nSPS) is 11.1. The molecule has 2 aromatic rings. The molecule has 0 fully saturated rings. The third-order valence-electron chi connectivity index (χ3n) is 2.68. The second kappa shape index (κ2) is 5.21. The van der Waals surface area contributed by atoms with Gasteiger partial charge in [0.05, 0.1) is 16.2 Å². The average Bonchev–Trinajstić information content (AvgIpc) is 2.62. The first-order valence-electron chi connectivity index (χ1n) is 5.87. The average molecular weight is 328 g/mol. The van der Waals surface area contributed by atoms with Crippen molar-refractivity contribution in [2.75, 3.05) is 5.73 Å². The minimum Gasteiger partial charge on any atom is -0.436 e. The molecule has 0 aliphatic carbocycles. The van der Waals surface area contributed by atoms with E-state index < -0.39 is 0 Å². The molecule has 1 aromatic carbocycles. The number of rotatable bonds is 3.